The number of rotatable bonds is 7. The molecule has 9 heteroatoms. The Morgan fingerprint density at radius 3 is 2.82 bits per heavy atom. The quantitative estimate of drug-likeness (QED) is 0.510. The fourth-order valence-corrected chi connectivity index (χ4v) is 5.02. The number of piperazine rings is 1. The van der Waals surface area contributed by atoms with Gasteiger partial charge in [0.25, 0.3) is 5.91 Å². The molecule has 1 saturated heterocycles. The van der Waals surface area contributed by atoms with Gasteiger partial charge in [-0.2, -0.15) is 0 Å². The van der Waals surface area contributed by atoms with Crippen LogP contribution in [0.15, 0.2) is 70.6 Å². The van der Waals surface area contributed by atoms with E-state index >= 15 is 0 Å². The van der Waals surface area contributed by atoms with Gasteiger partial charge < -0.3 is 15.5 Å². The minimum absolute atomic E-state index is 0.197. The molecule has 0 unspecified atom stereocenters. The third kappa shape index (κ3) is 4.49. The molecule has 3 heterocycles. The third-order valence-electron chi connectivity index (χ3n) is 6.06. The van der Waals surface area contributed by atoms with E-state index in [1.807, 2.05) is 43.3 Å². The number of hydrogen-bond acceptors (Lipinski definition) is 6. The van der Waals surface area contributed by atoms with Crippen LogP contribution in [0.2, 0.25) is 0 Å². The molecule has 178 valence electrons. The number of amides is 1. The van der Waals surface area contributed by atoms with Crippen molar-refractivity contribution in [2.45, 2.75) is 26.3 Å². The van der Waals surface area contributed by atoms with Crippen molar-refractivity contribution in [3.8, 4) is 5.13 Å². The maximum atomic E-state index is 13.1. The van der Waals surface area contributed by atoms with Crippen LogP contribution in [0.25, 0.3) is 16.2 Å². The maximum Gasteiger partial charge on any atom is 0.335 e. The lowest BCUT2D eigenvalue weighted by atomic mass is 10.1. The molecule has 8 nitrogen and oxygen atoms in total. The summed E-state index contributed by atoms with van der Waals surface area (Å²) in [7, 11) is 1.73. The summed E-state index contributed by atoms with van der Waals surface area (Å²) in [6.45, 7) is 10.5. The summed E-state index contributed by atoms with van der Waals surface area (Å²) < 4.78 is 3.12. The normalized spacial score (nSPS) is 17.3. The third-order valence-corrected chi connectivity index (χ3v) is 6.88. The molecule has 0 aliphatic carbocycles. The van der Waals surface area contributed by atoms with Crippen LogP contribution in [0.4, 0.5) is 0 Å². The Labute approximate surface area is 202 Å². The lowest BCUT2D eigenvalue weighted by Gasteiger charge is -2.37. The monoisotopic (exact) mass is 478 g/mol. The topological polar surface area (TPSA) is 84.2 Å². The Bertz CT molecular complexity index is 1330. The van der Waals surface area contributed by atoms with Crippen molar-refractivity contribution in [3.05, 3.63) is 82.0 Å². The van der Waals surface area contributed by atoms with E-state index in [1.165, 1.54) is 11.3 Å². The van der Waals surface area contributed by atoms with Crippen LogP contribution < -0.4 is 16.3 Å². The van der Waals surface area contributed by atoms with Crippen molar-refractivity contribution in [2.24, 2.45) is 7.05 Å². The highest BCUT2D eigenvalue weighted by atomic mass is 32.1. The van der Waals surface area contributed by atoms with Crippen molar-refractivity contribution >= 4 is 28.3 Å². The Balaban J connectivity index is 1.59. The molecule has 1 amide bonds. The second kappa shape index (κ2) is 10.2. The van der Waals surface area contributed by atoms with Crippen LogP contribution in [0.1, 0.15) is 30.8 Å². The summed E-state index contributed by atoms with van der Waals surface area (Å²) in [5.74, 6) is -0.318. The molecular formula is C25H30N6O2S. The second-order valence-electron chi connectivity index (χ2n) is 8.13. The van der Waals surface area contributed by atoms with Gasteiger partial charge in [-0.25, -0.2) is 14.3 Å². The minimum atomic E-state index is -0.318. The molecule has 0 saturated carbocycles. The fraction of sp³-hybridized carbons (Fsp3) is 0.320. The van der Waals surface area contributed by atoms with E-state index in [9.17, 15) is 9.59 Å². The summed E-state index contributed by atoms with van der Waals surface area (Å²) in [5, 5.41) is 8.68. The number of benzene rings is 1. The fourth-order valence-electron chi connectivity index (χ4n) is 4.21. The van der Waals surface area contributed by atoms with Crippen molar-refractivity contribution in [1.82, 2.24) is 29.7 Å². The Morgan fingerprint density at radius 2 is 2.12 bits per heavy atom. The van der Waals surface area contributed by atoms with Gasteiger partial charge >= 0.3 is 5.69 Å². The lowest BCUT2D eigenvalue weighted by molar-refractivity contribution is 0.0960. The first-order valence-electron chi connectivity index (χ1n) is 11.4. The minimum Gasteiger partial charge on any atom is -0.367 e. The van der Waals surface area contributed by atoms with E-state index < -0.39 is 0 Å². The van der Waals surface area contributed by atoms with Crippen LogP contribution in [0.5, 0.6) is 0 Å². The van der Waals surface area contributed by atoms with Crippen LogP contribution >= 0.6 is 11.3 Å². The number of para-hydroxylation sites is 2. The Kier molecular flexibility index (Phi) is 7.14. The summed E-state index contributed by atoms with van der Waals surface area (Å²) in [6, 6.07) is 7.93. The zero-order chi connectivity index (χ0) is 24.2. The largest absolute Gasteiger partial charge is 0.367 e. The van der Waals surface area contributed by atoms with Crippen LogP contribution in [-0.4, -0.2) is 50.6 Å². The highest BCUT2D eigenvalue weighted by Crippen LogP contribution is 2.21. The Hall–Kier alpha value is -3.43. The van der Waals surface area contributed by atoms with Crippen molar-refractivity contribution in [2.75, 3.05) is 19.6 Å². The maximum absolute atomic E-state index is 13.1. The molecule has 0 bridgehead atoms. The van der Waals surface area contributed by atoms with Gasteiger partial charge in [0.2, 0.25) is 0 Å². The van der Waals surface area contributed by atoms with E-state index in [0.717, 1.165) is 42.8 Å². The van der Waals surface area contributed by atoms with Crippen molar-refractivity contribution < 1.29 is 4.79 Å². The average molecular weight is 479 g/mol. The van der Waals surface area contributed by atoms with Crippen LogP contribution in [0, 0.1) is 0 Å². The van der Waals surface area contributed by atoms with Gasteiger partial charge in [-0.05, 0) is 31.6 Å². The number of carbonyl (C=O) groups excluding carboxylic acids is 1. The average Bonchev–Trinajstić information content (AvgIpc) is 3.44. The summed E-state index contributed by atoms with van der Waals surface area (Å²) in [4.78, 5) is 32.7. The number of aromatic nitrogens is 3. The molecule has 34 heavy (non-hydrogen) atoms. The van der Waals surface area contributed by atoms with Crippen LogP contribution in [0.3, 0.4) is 0 Å². The molecular weight excluding hydrogens is 448 g/mol. The lowest BCUT2D eigenvalue weighted by Crippen LogP contribution is -2.50. The molecule has 1 atom stereocenters. The van der Waals surface area contributed by atoms with E-state index in [1.54, 1.807) is 27.6 Å². The van der Waals surface area contributed by atoms with Gasteiger partial charge in [0.05, 0.1) is 22.4 Å². The molecule has 3 aromatic rings. The predicted octanol–water partition coefficient (Wildman–Crippen LogP) is 3.17. The number of allylic oxidation sites excluding steroid dienone is 3. The summed E-state index contributed by atoms with van der Waals surface area (Å²) in [5.41, 5.74) is 3.27. The number of aryl methyl sites for hydroxylation is 1. The van der Waals surface area contributed by atoms with E-state index in [2.05, 4.69) is 34.0 Å². The van der Waals surface area contributed by atoms with E-state index in [-0.39, 0.29) is 17.3 Å². The first kappa shape index (κ1) is 23.7. The number of carbonyl (C=O) groups is 1. The molecule has 1 aromatic carbocycles. The number of fused-ring (bicyclic) bond motifs is 1. The van der Waals surface area contributed by atoms with Crippen LogP contribution in [-0.2, 0) is 7.05 Å². The zero-order valence-corrected chi connectivity index (χ0v) is 20.6. The second-order valence-corrected chi connectivity index (χ2v) is 8.97. The van der Waals surface area contributed by atoms with Gasteiger partial charge in [0.1, 0.15) is 5.69 Å². The van der Waals surface area contributed by atoms with E-state index in [0.29, 0.717) is 16.9 Å². The number of thiazole rings is 1. The summed E-state index contributed by atoms with van der Waals surface area (Å²) >= 11 is 1.27. The van der Waals surface area contributed by atoms with Gasteiger partial charge in [-0.3, -0.25) is 9.36 Å². The highest BCUT2D eigenvalue weighted by Gasteiger charge is 2.23. The molecule has 1 aliphatic heterocycles. The van der Waals surface area contributed by atoms with Gasteiger partial charge in [0, 0.05) is 38.1 Å². The van der Waals surface area contributed by atoms with Gasteiger partial charge in [-0.15, -0.1) is 11.3 Å². The molecule has 2 N–H and O–H groups in total. The molecule has 1 aliphatic rings. The Morgan fingerprint density at radius 1 is 1.35 bits per heavy atom. The van der Waals surface area contributed by atoms with Gasteiger partial charge in [0.15, 0.2) is 5.13 Å². The molecule has 4 rings (SSSR count). The van der Waals surface area contributed by atoms with Crippen molar-refractivity contribution in [3.63, 3.8) is 0 Å². The molecule has 0 spiro atoms. The first-order chi connectivity index (χ1) is 16.5. The molecule has 2 aromatic heterocycles. The standard InChI is InChI=1S/C25H30N6O2S/c1-5-10-20(30-14-13-26-17(6-2)15-30)18(7-3)27-23(32)19-16-34-24(28-19)31-22-12-9-8-11-21(22)29(4)25(31)33/h5,7-12,16-17,26H,1,6,13-15H2,2-4H3,(H,27,32)/b18-7+,20-10+/t17-/m1/s1. The first-order valence-corrected chi connectivity index (χ1v) is 12.3. The smallest absolute Gasteiger partial charge is 0.335 e. The number of hydrogen-bond donors (Lipinski definition) is 2. The highest BCUT2D eigenvalue weighted by molar-refractivity contribution is 7.12. The SMILES string of the molecule is C=C/C=C(\C(=C/C)NC(=O)c1csc(-n2c(=O)n(C)c3ccccc32)n1)N1CCN[C@H](CC)C1. The van der Waals surface area contributed by atoms with Gasteiger partial charge in [-0.1, -0.05) is 37.8 Å². The van der Waals surface area contributed by atoms with Crippen molar-refractivity contribution in [1.29, 1.82) is 0 Å². The van der Waals surface area contributed by atoms with E-state index in [4.69, 9.17) is 0 Å². The predicted molar refractivity (Wildman–Crippen MR) is 137 cm³/mol. The zero-order valence-electron chi connectivity index (χ0n) is 19.7. The summed E-state index contributed by atoms with van der Waals surface area (Å²) in [6.07, 6.45) is 6.58. The number of imidazole rings is 1. The number of nitrogens with one attached hydrogen (secondary N) is 2. The number of nitrogens with zero attached hydrogens (tertiary/aromatic N) is 4. The molecule has 1 fully saturated rings. The molecule has 0 radical (unpaired) electrons.